The van der Waals surface area contributed by atoms with Crippen molar-refractivity contribution in [3.8, 4) is 0 Å². The molecule has 4 atom stereocenters. The molecule has 0 aromatic carbocycles. The third kappa shape index (κ3) is 3.33. The maximum Gasteiger partial charge on any atom is 0.137 e. The molecule has 3 heteroatoms. The van der Waals surface area contributed by atoms with Gasteiger partial charge in [0.1, 0.15) is 5.78 Å². The number of hydrogen-bond acceptors (Lipinski definition) is 3. The standard InChI is InChI=1S/C15H27NO2/c1-11-6-12(2)14(15(17)7-11)9-16-5-4-13(8-16)10-18-3/h11-14H,4-10H2,1-3H3. The number of nitrogens with zero attached hydrogens (tertiary/aromatic N) is 1. The molecular weight excluding hydrogens is 226 g/mol. The zero-order chi connectivity index (χ0) is 13.1. The highest BCUT2D eigenvalue weighted by Gasteiger charge is 2.35. The summed E-state index contributed by atoms with van der Waals surface area (Å²) >= 11 is 0. The van der Waals surface area contributed by atoms with Crippen LogP contribution in [0.15, 0.2) is 0 Å². The van der Waals surface area contributed by atoms with Gasteiger partial charge in [-0.15, -0.1) is 0 Å². The minimum absolute atomic E-state index is 0.280. The Morgan fingerprint density at radius 2 is 2.17 bits per heavy atom. The molecule has 2 fully saturated rings. The van der Waals surface area contributed by atoms with Crippen molar-refractivity contribution in [2.75, 3.05) is 33.4 Å². The van der Waals surface area contributed by atoms with Crippen molar-refractivity contribution in [3.05, 3.63) is 0 Å². The van der Waals surface area contributed by atoms with Crippen LogP contribution in [0.1, 0.15) is 33.1 Å². The highest BCUT2D eigenvalue weighted by Crippen LogP contribution is 2.32. The summed E-state index contributed by atoms with van der Waals surface area (Å²) in [5.74, 6) is 2.59. The predicted octanol–water partition coefficient (Wildman–Crippen LogP) is 2.21. The summed E-state index contributed by atoms with van der Waals surface area (Å²) in [5.41, 5.74) is 0. The maximum absolute atomic E-state index is 12.2. The Balaban J connectivity index is 1.84. The number of hydrogen-bond donors (Lipinski definition) is 0. The number of carbonyl (C=O) groups excluding carboxylic acids is 1. The Morgan fingerprint density at radius 3 is 2.83 bits per heavy atom. The van der Waals surface area contributed by atoms with Gasteiger partial charge in [0.25, 0.3) is 0 Å². The van der Waals surface area contributed by atoms with Gasteiger partial charge in [-0.1, -0.05) is 13.8 Å². The fourth-order valence-corrected chi connectivity index (χ4v) is 3.70. The van der Waals surface area contributed by atoms with Crippen molar-refractivity contribution in [1.29, 1.82) is 0 Å². The lowest BCUT2D eigenvalue weighted by Crippen LogP contribution is -2.39. The van der Waals surface area contributed by atoms with Crippen LogP contribution in [0.5, 0.6) is 0 Å². The summed E-state index contributed by atoms with van der Waals surface area (Å²) in [6.07, 6.45) is 3.23. The van der Waals surface area contributed by atoms with Crippen molar-refractivity contribution in [2.24, 2.45) is 23.7 Å². The van der Waals surface area contributed by atoms with Gasteiger partial charge in [0, 0.05) is 32.5 Å². The van der Waals surface area contributed by atoms with Crippen molar-refractivity contribution < 1.29 is 9.53 Å². The Kier molecular flexibility index (Phi) is 4.79. The zero-order valence-electron chi connectivity index (χ0n) is 12.0. The van der Waals surface area contributed by atoms with E-state index in [-0.39, 0.29) is 5.92 Å². The predicted molar refractivity (Wildman–Crippen MR) is 72.5 cm³/mol. The van der Waals surface area contributed by atoms with Crippen LogP contribution >= 0.6 is 0 Å². The van der Waals surface area contributed by atoms with Crippen LogP contribution in [0.25, 0.3) is 0 Å². The van der Waals surface area contributed by atoms with Crippen LogP contribution in [0.3, 0.4) is 0 Å². The lowest BCUT2D eigenvalue weighted by Gasteiger charge is -2.34. The summed E-state index contributed by atoms with van der Waals surface area (Å²) < 4.78 is 5.23. The Bertz CT molecular complexity index is 292. The van der Waals surface area contributed by atoms with E-state index in [1.54, 1.807) is 7.11 Å². The van der Waals surface area contributed by atoms with E-state index in [4.69, 9.17) is 4.74 Å². The molecule has 1 saturated heterocycles. The summed E-state index contributed by atoms with van der Waals surface area (Å²) in [4.78, 5) is 14.6. The maximum atomic E-state index is 12.2. The fraction of sp³-hybridized carbons (Fsp3) is 0.933. The molecule has 0 amide bonds. The molecular formula is C15H27NO2. The third-order valence-corrected chi connectivity index (χ3v) is 4.65. The zero-order valence-corrected chi connectivity index (χ0v) is 12.0. The molecule has 0 aromatic heterocycles. The van der Waals surface area contributed by atoms with E-state index >= 15 is 0 Å². The van der Waals surface area contributed by atoms with E-state index in [1.807, 2.05) is 0 Å². The molecule has 18 heavy (non-hydrogen) atoms. The van der Waals surface area contributed by atoms with Crippen molar-refractivity contribution in [1.82, 2.24) is 4.90 Å². The Labute approximate surface area is 111 Å². The van der Waals surface area contributed by atoms with Crippen LogP contribution in [-0.2, 0) is 9.53 Å². The van der Waals surface area contributed by atoms with Crippen molar-refractivity contribution in [2.45, 2.75) is 33.1 Å². The highest BCUT2D eigenvalue weighted by molar-refractivity contribution is 5.82. The quantitative estimate of drug-likeness (QED) is 0.769. The first kappa shape index (κ1) is 14.0. The van der Waals surface area contributed by atoms with Crippen LogP contribution in [0.4, 0.5) is 0 Å². The SMILES string of the molecule is COCC1CCN(CC2C(=O)CC(C)CC2C)C1. The average Bonchev–Trinajstić information content (AvgIpc) is 2.72. The van der Waals surface area contributed by atoms with E-state index in [0.29, 0.717) is 23.5 Å². The van der Waals surface area contributed by atoms with Gasteiger partial charge in [0.15, 0.2) is 0 Å². The van der Waals surface area contributed by atoms with Crippen LogP contribution in [0, 0.1) is 23.7 Å². The first-order chi connectivity index (χ1) is 8.60. The number of methoxy groups -OCH3 is 1. The average molecular weight is 253 g/mol. The van der Waals surface area contributed by atoms with Crippen LogP contribution < -0.4 is 0 Å². The molecule has 0 radical (unpaired) electrons. The first-order valence-corrected chi connectivity index (χ1v) is 7.34. The lowest BCUT2D eigenvalue weighted by molar-refractivity contribution is -0.128. The lowest BCUT2D eigenvalue weighted by atomic mass is 9.74. The molecule has 1 aliphatic heterocycles. The van der Waals surface area contributed by atoms with Gasteiger partial charge >= 0.3 is 0 Å². The molecule has 104 valence electrons. The molecule has 0 N–H and O–H groups in total. The van der Waals surface area contributed by atoms with Gasteiger partial charge in [-0.25, -0.2) is 0 Å². The summed E-state index contributed by atoms with van der Waals surface area (Å²) in [5, 5.41) is 0. The number of carbonyl (C=O) groups is 1. The normalized spacial score (nSPS) is 38.3. The first-order valence-electron chi connectivity index (χ1n) is 7.34. The van der Waals surface area contributed by atoms with Crippen molar-refractivity contribution in [3.63, 3.8) is 0 Å². The van der Waals surface area contributed by atoms with Gasteiger partial charge in [0.2, 0.25) is 0 Å². The second-order valence-corrected chi connectivity index (χ2v) is 6.46. The van der Waals surface area contributed by atoms with E-state index in [9.17, 15) is 4.79 Å². The second-order valence-electron chi connectivity index (χ2n) is 6.46. The van der Waals surface area contributed by atoms with Crippen LogP contribution in [0.2, 0.25) is 0 Å². The monoisotopic (exact) mass is 253 g/mol. The number of ether oxygens (including phenoxy) is 1. The van der Waals surface area contributed by atoms with E-state index < -0.39 is 0 Å². The largest absolute Gasteiger partial charge is 0.384 e. The smallest absolute Gasteiger partial charge is 0.137 e. The summed E-state index contributed by atoms with van der Waals surface area (Å²) in [6.45, 7) is 8.55. The topological polar surface area (TPSA) is 29.5 Å². The van der Waals surface area contributed by atoms with Crippen molar-refractivity contribution >= 4 is 5.78 Å². The third-order valence-electron chi connectivity index (χ3n) is 4.65. The molecule has 0 bridgehead atoms. The van der Waals surface area contributed by atoms with E-state index in [2.05, 4.69) is 18.7 Å². The van der Waals surface area contributed by atoms with Gasteiger partial charge in [-0.05, 0) is 37.1 Å². The Hall–Kier alpha value is -0.410. The van der Waals surface area contributed by atoms with E-state index in [1.165, 1.54) is 12.8 Å². The molecule has 0 spiro atoms. The minimum Gasteiger partial charge on any atom is -0.384 e. The van der Waals surface area contributed by atoms with Crippen LogP contribution in [-0.4, -0.2) is 44.0 Å². The molecule has 2 rings (SSSR count). The molecule has 1 saturated carbocycles. The minimum atomic E-state index is 0.280. The molecule has 3 nitrogen and oxygen atoms in total. The molecule has 0 aromatic rings. The fourth-order valence-electron chi connectivity index (χ4n) is 3.70. The molecule has 1 heterocycles. The van der Waals surface area contributed by atoms with E-state index in [0.717, 1.165) is 32.7 Å². The number of rotatable bonds is 4. The highest BCUT2D eigenvalue weighted by atomic mass is 16.5. The number of Topliss-reactive ketones (excluding diaryl/α,β-unsaturated/α-hetero) is 1. The number of likely N-dealkylation sites (tertiary alicyclic amines) is 1. The summed E-state index contributed by atoms with van der Waals surface area (Å²) in [7, 11) is 1.77. The van der Waals surface area contributed by atoms with Gasteiger partial charge in [-0.2, -0.15) is 0 Å². The van der Waals surface area contributed by atoms with Gasteiger partial charge < -0.3 is 9.64 Å². The summed E-state index contributed by atoms with van der Waals surface area (Å²) in [6, 6.07) is 0. The number of ketones is 1. The van der Waals surface area contributed by atoms with Gasteiger partial charge in [0.05, 0.1) is 6.61 Å². The molecule has 2 aliphatic rings. The van der Waals surface area contributed by atoms with Gasteiger partial charge in [-0.3, -0.25) is 4.79 Å². The molecule has 1 aliphatic carbocycles. The second kappa shape index (κ2) is 6.16. The molecule has 4 unspecified atom stereocenters. The Morgan fingerprint density at radius 1 is 1.39 bits per heavy atom.